The van der Waals surface area contributed by atoms with Crippen molar-refractivity contribution in [1.29, 1.82) is 0 Å². The summed E-state index contributed by atoms with van der Waals surface area (Å²) >= 11 is 0. The Kier molecular flexibility index (Phi) is 3.71. The molecule has 0 aromatic heterocycles. The summed E-state index contributed by atoms with van der Waals surface area (Å²) < 4.78 is 16.6. The summed E-state index contributed by atoms with van der Waals surface area (Å²) in [4.78, 5) is 0. The molecule has 21 heavy (non-hydrogen) atoms. The lowest BCUT2D eigenvalue weighted by Crippen LogP contribution is -2.19. The first-order valence-electron chi connectivity index (χ1n) is 6.88. The fraction of sp³-hybridized carbons (Fsp3) is 0.294. The minimum atomic E-state index is -0.520. The predicted octanol–water partition coefficient (Wildman–Crippen LogP) is 3.26. The average Bonchev–Trinajstić information content (AvgIpc) is 2.54. The molecule has 1 heterocycles. The van der Waals surface area contributed by atoms with Crippen LogP contribution < -0.4 is 14.2 Å². The average molecular weight is 286 g/mol. The van der Waals surface area contributed by atoms with Gasteiger partial charge in [0.15, 0.2) is 11.5 Å². The monoisotopic (exact) mass is 286 g/mol. The van der Waals surface area contributed by atoms with Crippen LogP contribution in [0.3, 0.4) is 0 Å². The molecule has 0 spiro atoms. The number of hydrogen-bond acceptors (Lipinski definition) is 4. The maximum Gasteiger partial charge on any atom is 0.161 e. The summed E-state index contributed by atoms with van der Waals surface area (Å²) in [5, 5.41) is 10.3. The molecule has 1 unspecified atom stereocenters. The van der Waals surface area contributed by atoms with Crippen molar-refractivity contribution >= 4 is 0 Å². The van der Waals surface area contributed by atoms with Crippen molar-refractivity contribution in [3.05, 3.63) is 53.6 Å². The molecular weight excluding hydrogens is 268 g/mol. The topological polar surface area (TPSA) is 47.9 Å². The minimum Gasteiger partial charge on any atom is -0.493 e. The van der Waals surface area contributed by atoms with Gasteiger partial charge in [-0.3, -0.25) is 0 Å². The largest absolute Gasteiger partial charge is 0.493 e. The zero-order chi connectivity index (χ0) is 14.8. The first-order chi connectivity index (χ1) is 10.2. The molecule has 110 valence electrons. The van der Waals surface area contributed by atoms with Gasteiger partial charge in [-0.15, -0.1) is 0 Å². The van der Waals surface area contributed by atoms with E-state index < -0.39 is 6.10 Å². The van der Waals surface area contributed by atoms with Gasteiger partial charge in [-0.05, 0) is 23.8 Å². The van der Waals surface area contributed by atoms with Gasteiger partial charge in [0, 0.05) is 12.0 Å². The number of fused-ring (bicyclic) bond motifs is 1. The Balaban J connectivity index is 1.92. The highest BCUT2D eigenvalue weighted by Gasteiger charge is 2.28. The number of ether oxygens (including phenoxy) is 3. The Morgan fingerprint density at radius 1 is 1.05 bits per heavy atom. The Bertz CT molecular complexity index is 638. The molecule has 0 saturated carbocycles. The number of methoxy groups -OCH3 is 2. The number of aliphatic hydroxyl groups excluding tert-OH is 1. The smallest absolute Gasteiger partial charge is 0.161 e. The maximum absolute atomic E-state index is 10.3. The standard InChI is InChI=1S/C17H18O4/c1-19-15-8-7-11(9-17(15)20-2)16-10-13(18)12-5-3-4-6-14(12)21-16/h3-9,13,16,18H,10H2,1-2H3/t13-,16?/m0/s1. The highest BCUT2D eigenvalue weighted by Crippen LogP contribution is 2.42. The fourth-order valence-corrected chi connectivity index (χ4v) is 2.65. The molecule has 3 rings (SSSR count). The molecule has 1 aliphatic heterocycles. The van der Waals surface area contributed by atoms with Crippen LogP contribution in [-0.2, 0) is 0 Å². The summed E-state index contributed by atoms with van der Waals surface area (Å²) in [5.41, 5.74) is 1.80. The third-order valence-electron chi connectivity index (χ3n) is 3.76. The normalized spacial score (nSPS) is 20.3. The van der Waals surface area contributed by atoms with Gasteiger partial charge in [0.25, 0.3) is 0 Å². The van der Waals surface area contributed by atoms with E-state index in [1.54, 1.807) is 14.2 Å². The second-order valence-electron chi connectivity index (χ2n) is 5.01. The van der Waals surface area contributed by atoms with Gasteiger partial charge in [-0.25, -0.2) is 0 Å². The summed E-state index contributed by atoms with van der Waals surface area (Å²) in [6.07, 6.45) is -0.199. The minimum absolute atomic E-state index is 0.199. The van der Waals surface area contributed by atoms with Crippen LogP contribution in [0.25, 0.3) is 0 Å². The van der Waals surface area contributed by atoms with Crippen molar-refractivity contribution in [1.82, 2.24) is 0 Å². The zero-order valence-corrected chi connectivity index (χ0v) is 12.1. The highest BCUT2D eigenvalue weighted by molar-refractivity contribution is 5.45. The lowest BCUT2D eigenvalue weighted by molar-refractivity contribution is 0.0656. The Labute approximate surface area is 123 Å². The molecule has 0 fully saturated rings. The van der Waals surface area contributed by atoms with Crippen LogP contribution in [0.1, 0.15) is 29.8 Å². The van der Waals surface area contributed by atoms with Crippen LogP contribution in [-0.4, -0.2) is 19.3 Å². The van der Waals surface area contributed by atoms with Crippen LogP contribution in [0.4, 0.5) is 0 Å². The maximum atomic E-state index is 10.3. The van der Waals surface area contributed by atoms with Crippen LogP contribution >= 0.6 is 0 Å². The van der Waals surface area contributed by atoms with Gasteiger partial charge in [0.1, 0.15) is 11.9 Å². The fourth-order valence-electron chi connectivity index (χ4n) is 2.65. The van der Waals surface area contributed by atoms with E-state index in [1.165, 1.54) is 0 Å². The molecule has 0 aliphatic carbocycles. The Morgan fingerprint density at radius 2 is 1.81 bits per heavy atom. The number of hydrogen-bond donors (Lipinski definition) is 1. The van der Waals surface area contributed by atoms with E-state index >= 15 is 0 Å². The Hall–Kier alpha value is -2.20. The van der Waals surface area contributed by atoms with Crippen LogP contribution in [0.2, 0.25) is 0 Å². The van der Waals surface area contributed by atoms with Gasteiger partial charge in [-0.1, -0.05) is 24.3 Å². The lowest BCUT2D eigenvalue weighted by Gasteiger charge is -2.30. The first kappa shape index (κ1) is 13.8. The van der Waals surface area contributed by atoms with Crippen molar-refractivity contribution in [3.63, 3.8) is 0 Å². The van der Waals surface area contributed by atoms with Crippen molar-refractivity contribution < 1.29 is 19.3 Å². The SMILES string of the molecule is COc1ccc(C2C[C@H](O)c3ccccc3O2)cc1OC. The molecule has 2 aromatic carbocycles. The third-order valence-corrected chi connectivity index (χ3v) is 3.76. The van der Waals surface area contributed by atoms with Crippen molar-refractivity contribution in [2.45, 2.75) is 18.6 Å². The number of benzene rings is 2. The predicted molar refractivity (Wildman–Crippen MR) is 78.9 cm³/mol. The molecule has 2 aromatic rings. The van der Waals surface area contributed by atoms with E-state index in [1.807, 2.05) is 42.5 Å². The molecule has 0 amide bonds. The van der Waals surface area contributed by atoms with Gasteiger partial charge < -0.3 is 19.3 Å². The summed E-state index contributed by atoms with van der Waals surface area (Å²) in [5.74, 6) is 2.07. The van der Waals surface area contributed by atoms with Crippen LogP contribution in [0, 0.1) is 0 Å². The van der Waals surface area contributed by atoms with E-state index in [0.717, 1.165) is 16.9 Å². The molecule has 0 saturated heterocycles. The number of para-hydroxylation sites is 1. The molecule has 4 nitrogen and oxygen atoms in total. The van der Waals surface area contributed by atoms with E-state index in [2.05, 4.69) is 0 Å². The molecule has 4 heteroatoms. The molecule has 0 bridgehead atoms. The molecule has 1 N–H and O–H groups in total. The van der Waals surface area contributed by atoms with Gasteiger partial charge in [0.05, 0.1) is 20.3 Å². The quantitative estimate of drug-likeness (QED) is 0.941. The van der Waals surface area contributed by atoms with E-state index in [0.29, 0.717) is 17.9 Å². The second kappa shape index (κ2) is 5.66. The summed E-state index contributed by atoms with van der Waals surface area (Å²) in [6.45, 7) is 0. The molecule has 1 aliphatic rings. The van der Waals surface area contributed by atoms with Gasteiger partial charge >= 0.3 is 0 Å². The highest BCUT2D eigenvalue weighted by atomic mass is 16.5. The van der Waals surface area contributed by atoms with Crippen LogP contribution in [0.15, 0.2) is 42.5 Å². The molecule has 0 radical (unpaired) electrons. The summed E-state index contributed by atoms with van der Waals surface area (Å²) in [7, 11) is 3.21. The summed E-state index contributed by atoms with van der Waals surface area (Å²) in [6, 6.07) is 13.3. The van der Waals surface area contributed by atoms with Crippen LogP contribution in [0.5, 0.6) is 17.2 Å². The first-order valence-corrected chi connectivity index (χ1v) is 6.88. The second-order valence-corrected chi connectivity index (χ2v) is 5.01. The zero-order valence-electron chi connectivity index (χ0n) is 12.1. The lowest BCUT2D eigenvalue weighted by atomic mass is 9.95. The van der Waals surface area contributed by atoms with Crippen molar-refractivity contribution in [2.75, 3.05) is 14.2 Å². The molecular formula is C17H18O4. The van der Waals surface area contributed by atoms with Gasteiger partial charge in [-0.2, -0.15) is 0 Å². The van der Waals surface area contributed by atoms with E-state index in [-0.39, 0.29) is 6.10 Å². The number of rotatable bonds is 3. The third kappa shape index (κ3) is 2.54. The van der Waals surface area contributed by atoms with Crippen molar-refractivity contribution in [3.8, 4) is 17.2 Å². The molecule has 2 atom stereocenters. The van der Waals surface area contributed by atoms with E-state index in [4.69, 9.17) is 14.2 Å². The number of aliphatic hydroxyl groups is 1. The van der Waals surface area contributed by atoms with E-state index in [9.17, 15) is 5.11 Å². The van der Waals surface area contributed by atoms with Gasteiger partial charge in [0.2, 0.25) is 0 Å². The Morgan fingerprint density at radius 3 is 2.57 bits per heavy atom. The van der Waals surface area contributed by atoms with Crippen molar-refractivity contribution in [2.24, 2.45) is 0 Å².